The summed E-state index contributed by atoms with van der Waals surface area (Å²) in [5.74, 6) is 1.37. The van der Waals surface area contributed by atoms with Crippen molar-refractivity contribution in [2.75, 3.05) is 11.9 Å². The molecule has 0 atom stereocenters. The summed E-state index contributed by atoms with van der Waals surface area (Å²) in [4.78, 5) is 11.2. The maximum Gasteiger partial charge on any atom is 0.262 e. The van der Waals surface area contributed by atoms with E-state index in [4.69, 9.17) is 9.26 Å². The van der Waals surface area contributed by atoms with E-state index in [1.54, 1.807) is 6.20 Å². The lowest BCUT2D eigenvalue weighted by Crippen LogP contribution is -2.25. The number of benzene rings is 1. The minimum absolute atomic E-state index is 0.0795. The molecule has 1 aliphatic heterocycles. The van der Waals surface area contributed by atoms with Gasteiger partial charge in [0.2, 0.25) is 0 Å². The molecule has 6 heteroatoms. The molecule has 3 rings (SSSR count). The van der Waals surface area contributed by atoms with Crippen molar-refractivity contribution in [3.8, 4) is 5.75 Å². The first-order chi connectivity index (χ1) is 9.31. The summed E-state index contributed by atoms with van der Waals surface area (Å²) < 4.78 is 10.3. The van der Waals surface area contributed by atoms with Crippen LogP contribution in [0.1, 0.15) is 11.3 Å². The third-order valence-corrected chi connectivity index (χ3v) is 2.80. The Morgan fingerprint density at radius 2 is 2.26 bits per heavy atom. The molecule has 0 unspecified atom stereocenters. The fourth-order valence-corrected chi connectivity index (χ4v) is 1.90. The fraction of sp³-hybridized carbons (Fsp3) is 0.231. The number of aromatic nitrogens is 1. The number of hydrogen-bond acceptors (Lipinski definition) is 5. The molecule has 98 valence electrons. The first kappa shape index (κ1) is 11.7. The third kappa shape index (κ3) is 2.74. The Bertz CT molecular complexity index is 581. The number of fused-ring (bicyclic) bond motifs is 1. The van der Waals surface area contributed by atoms with Crippen molar-refractivity contribution in [3.05, 3.63) is 41.8 Å². The number of carbonyl (C=O) groups is 1. The van der Waals surface area contributed by atoms with Crippen molar-refractivity contribution in [3.63, 3.8) is 0 Å². The highest BCUT2D eigenvalue weighted by Crippen LogP contribution is 2.28. The van der Waals surface area contributed by atoms with E-state index >= 15 is 0 Å². The van der Waals surface area contributed by atoms with E-state index < -0.39 is 0 Å². The molecule has 19 heavy (non-hydrogen) atoms. The molecule has 1 amide bonds. The number of nitrogens with zero attached hydrogens (tertiary/aromatic N) is 1. The zero-order valence-corrected chi connectivity index (χ0v) is 10.2. The second-order valence-electron chi connectivity index (χ2n) is 4.25. The molecule has 0 radical (unpaired) electrons. The van der Waals surface area contributed by atoms with Gasteiger partial charge < -0.3 is 19.9 Å². The van der Waals surface area contributed by atoms with E-state index in [-0.39, 0.29) is 12.5 Å². The van der Waals surface area contributed by atoms with E-state index in [2.05, 4.69) is 15.8 Å². The smallest absolute Gasteiger partial charge is 0.262 e. The predicted octanol–water partition coefficient (Wildman–Crippen LogP) is 1.30. The predicted molar refractivity (Wildman–Crippen MR) is 67.6 cm³/mol. The van der Waals surface area contributed by atoms with Gasteiger partial charge in [-0.2, -0.15) is 0 Å². The molecule has 0 saturated carbocycles. The van der Waals surface area contributed by atoms with Crippen LogP contribution in [0.15, 0.2) is 35.0 Å². The molecule has 1 aromatic carbocycles. The molecule has 0 spiro atoms. The molecule has 0 bridgehead atoms. The van der Waals surface area contributed by atoms with Crippen LogP contribution >= 0.6 is 0 Å². The van der Waals surface area contributed by atoms with Crippen LogP contribution in [-0.4, -0.2) is 17.7 Å². The summed E-state index contributed by atoms with van der Waals surface area (Å²) in [6, 6.07) is 7.54. The summed E-state index contributed by atoms with van der Waals surface area (Å²) in [5.41, 5.74) is 1.78. The Labute approximate surface area is 109 Å². The number of amides is 1. The summed E-state index contributed by atoms with van der Waals surface area (Å²) in [6.07, 6.45) is 1.61. The Kier molecular flexibility index (Phi) is 3.16. The molecule has 0 saturated heterocycles. The van der Waals surface area contributed by atoms with Gasteiger partial charge in [0.25, 0.3) is 5.91 Å². The van der Waals surface area contributed by atoms with Crippen molar-refractivity contribution < 1.29 is 14.1 Å². The molecule has 0 aliphatic carbocycles. The Balaban J connectivity index is 1.62. The van der Waals surface area contributed by atoms with Gasteiger partial charge in [-0.15, -0.1) is 0 Å². The van der Waals surface area contributed by atoms with E-state index in [9.17, 15) is 4.79 Å². The lowest BCUT2D eigenvalue weighted by molar-refractivity contribution is -0.118. The third-order valence-electron chi connectivity index (χ3n) is 2.80. The molecular formula is C13H13N3O3. The first-order valence-electron chi connectivity index (χ1n) is 5.97. The van der Waals surface area contributed by atoms with Crippen LogP contribution in [0.2, 0.25) is 0 Å². The minimum Gasteiger partial charge on any atom is -0.482 e. The van der Waals surface area contributed by atoms with Gasteiger partial charge in [0.15, 0.2) is 6.61 Å². The topological polar surface area (TPSA) is 76.4 Å². The van der Waals surface area contributed by atoms with Crippen molar-refractivity contribution in [1.29, 1.82) is 0 Å². The summed E-state index contributed by atoms with van der Waals surface area (Å²) in [7, 11) is 0. The van der Waals surface area contributed by atoms with Gasteiger partial charge in [-0.25, -0.2) is 0 Å². The van der Waals surface area contributed by atoms with Crippen molar-refractivity contribution >= 4 is 11.6 Å². The second kappa shape index (κ2) is 5.11. The van der Waals surface area contributed by atoms with Crippen molar-refractivity contribution in [2.45, 2.75) is 13.1 Å². The van der Waals surface area contributed by atoms with Gasteiger partial charge in [-0.05, 0) is 17.7 Å². The van der Waals surface area contributed by atoms with Crippen LogP contribution in [0.5, 0.6) is 5.75 Å². The number of carbonyl (C=O) groups excluding carboxylic acids is 1. The van der Waals surface area contributed by atoms with Crippen molar-refractivity contribution in [1.82, 2.24) is 10.5 Å². The lowest BCUT2D eigenvalue weighted by atomic mass is 10.1. The number of rotatable bonds is 4. The van der Waals surface area contributed by atoms with Gasteiger partial charge in [-0.1, -0.05) is 11.2 Å². The Morgan fingerprint density at radius 1 is 1.32 bits per heavy atom. The van der Waals surface area contributed by atoms with Crippen LogP contribution in [0.25, 0.3) is 0 Å². The maximum atomic E-state index is 11.2. The molecular weight excluding hydrogens is 246 g/mol. The first-order valence-corrected chi connectivity index (χ1v) is 5.97. The highest BCUT2D eigenvalue weighted by molar-refractivity contribution is 5.95. The largest absolute Gasteiger partial charge is 0.482 e. The number of nitrogens with one attached hydrogen (secondary N) is 2. The van der Waals surface area contributed by atoms with Crippen LogP contribution in [0.4, 0.5) is 5.69 Å². The number of anilines is 1. The molecule has 2 N–H and O–H groups in total. The SMILES string of the molecule is O=C1COc2ccc(CNCc3ccno3)cc2N1. The molecule has 0 fully saturated rings. The normalized spacial score (nSPS) is 13.6. The van der Waals surface area contributed by atoms with E-state index in [0.717, 1.165) is 17.0 Å². The Hall–Kier alpha value is -2.34. The van der Waals surface area contributed by atoms with Gasteiger partial charge >= 0.3 is 0 Å². The fourth-order valence-electron chi connectivity index (χ4n) is 1.90. The van der Waals surface area contributed by atoms with E-state index in [0.29, 0.717) is 18.8 Å². The van der Waals surface area contributed by atoms with Crippen LogP contribution in [0.3, 0.4) is 0 Å². The molecule has 1 aliphatic rings. The zero-order chi connectivity index (χ0) is 13.1. The maximum absolute atomic E-state index is 11.2. The van der Waals surface area contributed by atoms with Gasteiger partial charge in [-0.3, -0.25) is 4.79 Å². The number of hydrogen-bond donors (Lipinski definition) is 2. The highest BCUT2D eigenvalue weighted by Gasteiger charge is 2.15. The quantitative estimate of drug-likeness (QED) is 0.865. The standard InChI is InChI=1S/C13H13N3O3/c17-13-8-18-12-2-1-9(5-11(12)16-13)6-14-7-10-3-4-15-19-10/h1-5,14H,6-8H2,(H,16,17). The molecule has 2 aromatic rings. The Morgan fingerprint density at radius 3 is 3.11 bits per heavy atom. The van der Waals surface area contributed by atoms with Gasteiger partial charge in [0.1, 0.15) is 11.5 Å². The molecule has 2 heterocycles. The van der Waals surface area contributed by atoms with Crippen LogP contribution in [-0.2, 0) is 17.9 Å². The van der Waals surface area contributed by atoms with Crippen LogP contribution in [0, 0.1) is 0 Å². The highest BCUT2D eigenvalue weighted by atomic mass is 16.5. The van der Waals surface area contributed by atoms with E-state index in [1.165, 1.54) is 0 Å². The van der Waals surface area contributed by atoms with Gasteiger partial charge in [0, 0.05) is 12.6 Å². The summed E-state index contributed by atoms with van der Waals surface area (Å²) in [6.45, 7) is 1.36. The summed E-state index contributed by atoms with van der Waals surface area (Å²) >= 11 is 0. The van der Waals surface area contributed by atoms with Crippen molar-refractivity contribution in [2.24, 2.45) is 0 Å². The molecule has 1 aromatic heterocycles. The summed E-state index contributed by atoms with van der Waals surface area (Å²) in [5, 5.41) is 9.65. The average molecular weight is 259 g/mol. The molecule has 6 nitrogen and oxygen atoms in total. The second-order valence-corrected chi connectivity index (χ2v) is 4.25. The van der Waals surface area contributed by atoms with E-state index in [1.807, 2.05) is 24.3 Å². The van der Waals surface area contributed by atoms with Crippen LogP contribution < -0.4 is 15.4 Å². The average Bonchev–Trinajstić information content (AvgIpc) is 2.91. The van der Waals surface area contributed by atoms with Gasteiger partial charge in [0.05, 0.1) is 18.4 Å². The minimum atomic E-state index is -0.126. The zero-order valence-electron chi connectivity index (χ0n) is 10.2. The number of ether oxygens (including phenoxy) is 1. The lowest BCUT2D eigenvalue weighted by Gasteiger charge is -2.18. The monoisotopic (exact) mass is 259 g/mol.